The van der Waals surface area contributed by atoms with E-state index in [9.17, 15) is 9.59 Å². The second-order valence-electron chi connectivity index (χ2n) is 6.00. The van der Waals surface area contributed by atoms with Crippen molar-refractivity contribution in [3.8, 4) is 0 Å². The molecule has 1 aliphatic carbocycles. The Morgan fingerprint density at radius 2 is 2.15 bits per heavy atom. The van der Waals surface area contributed by atoms with Crippen LogP contribution in [0.1, 0.15) is 33.6 Å². The fraction of sp³-hybridized carbons (Fsp3) is 0.588. The molecule has 3 rings (SSSR count). The Kier molecular flexibility index (Phi) is 7.42. The molecule has 6 nitrogen and oxygen atoms in total. The number of hydrogen-bond acceptors (Lipinski definition) is 7. The molecule has 1 aromatic rings. The number of thioether (sulfide) groups is 2. The van der Waals surface area contributed by atoms with Crippen LogP contribution in [0, 0.1) is 0 Å². The third-order valence-electron chi connectivity index (χ3n) is 4.13. The van der Waals surface area contributed by atoms with E-state index in [2.05, 4.69) is 15.6 Å². The average molecular weight is 414 g/mol. The maximum atomic E-state index is 12.7. The van der Waals surface area contributed by atoms with Crippen molar-refractivity contribution in [1.82, 2.24) is 5.32 Å². The Morgan fingerprint density at radius 1 is 1.31 bits per heavy atom. The van der Waals surface area contributed by atoms with Gasteiger partial charge in [0.25, 0.3) is 5.91 Å². The van der Waals surface area contributed by atoms with Gasteiger partial charge in [-0.1, -0.05) is 23.5 Å². The lowest BCUT2D eigenvalue weighted by Crippen LogP contribution is -2.29. The molecule has 1 aliphatic heterocycles. The maximum Gasteiger partial charge on any atom is 0.254 e. The summed E-state index contributed by atoms with van der Waals surface area (Å²) in [6.07, 6.45) is 4.11. The van der Waals surface area contributed by atoms with E-state index in [1.807, 2.05) is 0 Å². The third kappa shape index (κ3) is 5.03. The molecular weight excluding hydrogens is 390 g/mol. The number of carbonyl (C=O) groups excluding carboxylic acids is 2. The summed E-state index contributed by atoms with van der Waals surface area (Å²) in [5, 5.41) is 6.53. The standard InChI is InChI=1S/C17H23N3O3S3/c1-23-8-6-18-15(22)14-11-4-2-3-5-12(11)26-16(14)20-13(21)10-25-17-19-7-9-24-17/h2-10H2,1H3,(H,18,22)(H,20,21). The zero-order valence-electron chi connectivity index (χ0n) is 14.8. The van der Waals surface area contributed by atoms with Crippen LogP contribution in [-0.4, -0.2) is 54.5 Å². The molecule has 1 aromatic heterocycles. The molecule has 2 N–H and O–H groups in total. The van der Waals surface area contributed by atoms with E-state index < -0.39 is 0 Å². The van der Waals surface area contributed by atoms with Crippen molar-refractivity contribution in [3.05, 3.63) is 16.0 Å². The number of thiophene rings is 1. The molecule has 0 bridgehead atoms. The molecule has 0 unspecified atom stereocenters. The minimum Gasteiger partial charge on any atom is -0.383 e. The number of nitrogens with zero attached hydrogens (tertiary/aromatic N) is 1. The fourth-order valence-electron chi connectivity index (χ4n) is 2.94. The van der Waals surface area contributed by atoms with Gasteiger partial charge in [0, 0.05) is 24.3 Å². The van der Waals surface area contributed by atoms with Crippen molar-refractivity contribution in [2.45, 2.75) is 25.7 Å². The molecule has 2 heterocycles. The van der Waals surface area contributed by atoms with Crippen LogP contribution >= 0.6 is 34.9 Å². The summed E-state index contributed by atoms with van der Waals surface area (Å²) < 4.78 is 5.98. The highest BCUT2D eigenvalue weighted by Crippen LogP contribution is 2.38. The Hall–Kier alpha value is -1.03. The van der Waals surface area contributed by atoms with Gasteiger partial charge in [-0.15, -0.1) is 11.3 Å². The number of amides is 2. The van der Waals surface area contributed by atoms with Crippen LogP contribution in [0.3, 0.4) is 0 Å². The van der Waals surface area contributed by atoms with Crippen LogP contribution in [0.2, 0.25) is 0 Å². The van der Waals surface area contributed by atoms with Gasteiger partial charge in [-0.25, -0.2) is 0 Å². The van der Waals surface area contributed by atoms with Gasteiger partial charge >= 0.3 is 0 Å². The largest absolute Gasteiger partial charge is 0.383 e. The van der Waals surface area contributed by atoms with Gasteiger partial charge in [0.15, 0.2) is 0 Å². The summed E-state index contributed by atoms with van der Waals surface area (Å²) >= 11 is 4.70. The van der Waals surface area contributed by atoms with Crippen LogP contribution in [0.4, 0.5) is 5.00 Å². The highest BCUT2D eigenvalue weighted by molar-refractivity contribution is 8.39. The van der Waals surface area contributed by atoms with E-state index in [0.29, 0.717) is 29.5 Å². The van der Waals surface area contributed by atoms with Crippen LogP contribution in [-0.2, 0) is 22.4 Å². The van der Waals surface area contributed by atoms with Crippen LogP contribution < -0.4 is 10.6 Å². The zero-order valence-corrected chi connectivity index (χ0v) is 17.2. The summed E-state index contributed by atoms with van der Waals surface area (Å²) in [6, 6.07) is 0. The van der Waals surface area contributed by atoms with Crippen molar-refractivity contribution in [3.63, 3.8) is 0 Å². The number of aryl methyl sites for hydroxylation is 1. The zero-order chi connectivity index (χ0) is 18.4. The summed E-state index contributed by atoms with van der Waals surface area (Å²) in [5.41, 5.74) is 1.75. The highest BCUT2D eigenvalue weighted by atomic mass is 32.2. The van der Waals surface area contributed by atoms with E-state index in [4.69, 9.17) is 4.74 Å². The maximum absolute atomic E-state index is 12.7. The van der Waals surface area contributed by atoms with Crippen molar-refractivity contribution < 1.29 is 14.3 Å². The molecule has 0 aromatic carbocycles. The number of fused-ring (bicyclic) bond motifs is 1. The number of methoxy groups -OCH3 is 1. The number of anilines is 1. The van der Waals surface area contributed by atoms with Crippen LogP contribution in [0.5, 0.6) is 0 Å². The first-order valence-corrected chi connectivity index (χ1v) is 11.5. The molecule has 2 amide bonds. The van der Waals surface area contributed by atoms with Crippen LogP contribution in [0.15, 0.2) is 4.99 Å². The van der Waals surface area contributed by atoms with E-state index in [-0.39, 0.29) is 11.8 Å². The van der Waals surface area contributed by atoms with E-state index >= 15 is 0 Å². The van der Waals surface area contributed by atoms with Gasteiger partial charge in [0.2, 0.25) is 5.91 Å². The molecular formula is C17H23N3O3S3. The Labute approximate surface area is 165 Å². The number of aliphatic imine (C=N–C) groups is 1. The first-order valence-electron chi connectivity index (χ1n) is 8.70. The predicted octanol–water partition coefficient (Wildman–Crippen LogP) is 2.78. The summed E-state index contributed by atoms with van der Waals surface area (Å²) in [4.78, 5) is 30.6. The predicted molar refractivity (Wildman–Crippen MR) is 111 cm³/mol. The van der Waals surface area contributed by atoms with Gasteiger partial charge in [-0.05, 0) is 31.2 Å². The monoisotopic (exact) mass is 413 g/mol. The minimum atomic E-state index is -0.125. The number of nitrogens with one attached hydrogen (secondary N) is 2. The normalized spacial score (nSPS) is 16.1. The number of carbonyl (C=O) groups is 2. The van der Waals surface area contributed by atoms with Crippen molar-refractivity contribution in [1.29, 1.82) is 0 Å². The molecule has 0 spiro atoms. The molecule has 0 radical (unpaired) electrons. The Bertz CT molecular complexity index is 703. The minimum absolute atomic E-state index is 0.0882. The average Bonchev–Trinajstić information content (AvgIpc) is 3.27. The molecule has 0 saturated heterocycles. The van der Waals surface area contributed by atoms with Gasteiger partial charge in [-0.2, -0.15) is 0 Å². The fourth-order valence-corrected chi connectivity index (χ4v) is 6.05. The summed E-state index contributed by atoms with van der Waals surface area (Å²) in [5.74, 6) is 1.10. The second-order valence-corrected chi connectivity index (χ2v) is 9.41. The molecule has 2 aliphatic rings. The van der Waals surface area contributed by atoms with Gasteiger partial charge in [0.05, 0.1) is 24.5 Å². The molecule has 26 heavy (non-hydrogen) atoms. The van der Waals surface area contributed by atoms with E-state index in [1.165, 1.54) is 16.6 Å². The van der Waals surface area contributed by atoms with Crippen molar-refractivity contribution in [2.75, 3.05) is 43.6 Å². The van der Waals surface area contributed by atoms with E-state index in [1.54, 1.807) is 30.2 Å². The number of rotatable bonds is 7. The Balaban J connectivity index is 1.69. The lowest BCUT2D eigenvalue weighted by Gasteiger charge is -2.13. The molecule has 142 valence electrons. The molecule has 0 saturated carbocycles. The highest BCUT2D eigenvalue weighted by Gasteiger charge is 2.26. The lowest BCUT2D eigenvalue weighted by molar-refractivity contribution is -0.113. The van der Waals surface area contributed by atoms with E-state index in [0.717, 1.165) is 47.9 Å². The second kappa shape index (κ2) is 9.77. The molecule has 0 fully saturated rings. The van der Waals surface area contributed by atoms with Crippen molar-refractivity contribution in [2.24, 2.45) is 4.99 Å². The van der Waals surface area contributed by atoms with Crippen LogP contribution in [0.25, 0.3) is 0 Å². The first kappa shape index (κ1) is 19.7. The van der Waals surface area contributed by atoms with Gasteiger partial charge in [0.1, 0.15) is 9.38 Å². The smallest absolute Gasteiger partial charge is 0.254 e. The third-order valence-corrected chi connectivity index (χ3v) is 7.59. The molecule has 0 atom stereocenters. The quantitative estimate of drug-likeness (QED) is 0.672. The Morgan fingerprint density at radius 3 is 2.92 bits per heavy atom. The summed E-state index contributed by atoms with van der Waals surface area (Å²) in [7, 11) is 1.61. The SMILES string of the molecule is COCCNC(=O)c1c(NC(=O)CSC2=NCCS2)sc2c1CCCC2. The first-order chi connectivity index (χ1) is 12.7. The van der Waals surface area contributed by atoms with Gasteiger partial charge < -0.3 is 15.4 Å². The topological polar surface area (TPSA) is 79.8 Å². The number of hydrogen-bond donors (Lipinski definition) is 2. The number of ether oxygens (including phenoxy) is 1. The lowest BCUT2D eigenvalue weighted by atomic mass is 9.95. The van der Waals surface area contributed by atoms with Crippen molar-refractivity contribution >= 4 is 56.1 Å². The molecule has 9 heteroatoms. The van der Waals surface area contributed by atoms with Gasteiger partial charge in [-0.3, -0.25) is 14.6 Å². The summed E-state index contributed by atoms with van der Waals surface area (Å²) in [6.45, 7) is 1.76.